The Kier molecular flexibility index (Phi) is 4.02. The first-order valence-electron chi connectivity index (χ1n) is 7.91. The van der Waals surface area contributed by atoms with Gasteiger partial charge in [0.15, 0.2) is 5.11 Å². The summed E-state index contributed by atoms with van der Waals surface area (Å²) in [5, 5.41) is 10.8. The van der Waals surface area contributed by atoms with Crippen LogP contribution in [0.3, 0.4) is 0 Å². The van der Waals surface area contributed by atoms with E-state index in [0.29, 0.717) is 5.11 Å². The third-order valence-corrected chi connectivity index (χ3v) is 5.62. The maximum atomic E-state index is 5.44. The molecule has 0 amide bonds. The summed E-state index contributed by atoms with van der Waals surface area (Å²) in [6, 6.07) is 15.1. The van der Waals surface area contributed by atoms with Crippen LogP contribution in [0, 0.1) is 0 Å². The van der Waals surface area contributed by atoms with Crippen molar-refractivity contribution in [3.63, 3.8) is 0 Å². The molecule has 0 saturated carbocycles. The highest BCUT2D eigenvalue weighted by atomic mass is 32.1. The van der Waals surface area contributed by atoms with Gasteiger partial charge in [-0.15, -0.1) is 11.3 Å². The molecule has 0 unspecified atom stereocenters. The first-order valence-corrected chi connectivity index (χ1v) is 9.20. The molecule has 1 aliphatic rings. The summed E-state index contributed by atoms with van der Waals surface area (Å²) in [6.07, 6.45) is 3.67. The Balaban J connectivity index is 1.40. The fourth-order valence-electron chi connectivity index (χ4n) is 3.17. The largest absolute Gasteiger partial charge is 0.358 e. The number of rotatable bonds is 3. The van der Waals surface area contributed by atoms with E-state index in [0.717, 1.165) is 12.2 Å². The van der Waals surface area contributed by atoms with Gasteiger partial charge in [0.25, 0.3) is 0 Å². The summed E-state index contributed by atoms with van der Waals surface area (Å²) in [6.45, 7) is 0.751. The standard InChI is InChI=1S/C19H18N2S2/c22-19(21-16-9-8-13-4-3-5-14(13)10-16)20-11-15-12-23-18-7-2-1-6-17(15)18/h1-2,6-10,12H,3-5,11H2,(H2,20,21,22). The van der Waals surface area contributed by atoms with E-state index in [1.54, 1.807) is 11.3 Å². The Bertz CT molecular complexity index is 867. The maximum absolute atomic E-state index is 5.44. The minimum Gasteiger partial charge on any atom is -0.358 e. The summed E-state index contributed by atoms with van der Waals surface area (Å²) in [4.78, 5) is 0. The fourth-order valence-corrected chi connectivity index (χ4v) is 4.32. The van der Waals surface area contributed by atoms with Crippen molar-refractivity contribution in [3.05, 3.63) is 64.5 Å². The molecule has 0 spiro atoms. The normalized spacial score (nSPS) is 13.0. The molecule has 0 fully saturated rings. The molecule has 0 atom stereocenters. The van der Waals surface area contributed by atoms with E-state index in [4.69, 9.17) is 12.2 Å². The molecule has 4 heteroatoms. The minimum absolute atomic E-state index is 0.679. The van der Waals surface area contributed by atoms with E-state index in [-0.39, 0.29) is 0 Å². The van der Waals surface area contributed by atoms with Gasteiger partial charge >= 0.3 is 0 Å². The van der Waals surface area contributed by atoms with Crippen molar-refractivity contribution in [2.45, 2.75) is 25.8 Å². The number of hydrogen-bond donors (Lipinski definition) is 2. The maximum Gasteiger partial charge on any atom is 0.171 e. The van der Waals surface area contributed by atoms with Crippen molar-refractivity contribution in [3.8, 4) is 0 Å². The first-order chi connectivity index (χ1) is 11.3. The van der Waals surface area contributed by atoms with Crippen LogP contribution in [-0.4, -0.2) is 5.11 Å². The first kappa shape index (κ1) is 14.7. The predicted molar refractivity (Wildman–Crippen MR) is 103 cm³/mol. The molecule has 2 nitrogen and oxygen atoms in total. The predicted octanol–water partition coefficient (Wildman–Crippen LogP) is 4.88. The molecular weight excluding hydrogens is 320 g/mol. The van der Waals surface area contributed by atoms with Crippen molar-refractivity contribution in [1.29, 1.82) is 0 Å². The molecule has 3 aromatic rings. The summed E-state index contributed by atoms with van der Waals surface area (Å²) >= 11 is 7.22. The lowest BCUT2D eigenvalue weighted by Crippen LogP contribution is -2.27. The molecule has 1 aromatic heterocycles. The smallest absolute Gasteiger partial charge is 0.171 e. The van der Waals surface area contributed by atoms with E-state index in [1.807, 2.05) is 0 Å². The Morgan fingerprint density at radius 1 is 1.09 bits per heavy atom. The number of fused-ring (bicyclic) bond motifs is 2. The highest BCUT2D eigenvalue weighted by Crippen LogP contribution is 2.26. The van der Waals surface area contributed by atoms with E-state index in [1.165, 1.54) is 46.0 Å². The van der Waals surface area contributed by atoms with E-state index in [9.17, 15) is 0 Å². The lowest BCUT2D eigenvalue weighted by atomic mass is 10.1. The molecule has 4 rings (SSSR count). The van der Waals surface area contributed by atoms with Gasteiger partial charge in [0.05, 0.1) is 0 Å². The van der Waals surface area contributed by atoms with Crippen LogP contribution in [0.25, 0.3) is 10.1 Å². The van der Waals surface area contributed by atoms with Gasteiger partial charge in [0.2, 0.25) is 0 Å². The van der Waals surface area contributed by atoms with Crippen LogP contribution in [0.1, 0.15) is 23.1 Å². The van der Waals surface area contributed by atoms with Crippen molar-refractivity contribution in [1.82, 2.24) is 5.32 Å². The van der Waals surface area contributed by atoms with Gasteiger partial charge in [-0.25, -0.2) is 0 Å². The molecule has 2 N–H and O–H groups in total. The van der Waals surface area contributed by atoms with E-state index in [2.05, 4.69) is 58.5 Å². The van der Waals surface area contributed by atoms with Crippen molar-refractivity contribution < 1.29 is 0 Å². The lowest BCUT2D eigenvalue weighted by Gasteiger charge is -2.11. The molecule has 0 saturated heterocycles. The van der Waals surface area contributed by atoms with Crippen LogP contribution in [0.2, 0.25) is 0 Å². The molecule has 0 bridgehead atoms. The van der Waals surface area contributed by atoms with Crippen molar-refractivity contribution in [2.75, 3.05) is 5.32 Å². The van der Waals surface area contributed by atoms with Gasteiger partial charge in [-0.3, -0.25) is 0 Å². The lowest BCUT2D eigenvalue weighted by molar-refractivity contribution is 0.912. The van der Waals surface area contributed by atoms with Gasteiger partial charge in [-0.05, 0) is 77.1 Å². The second kappa shape index (κ2) is 6.30. The van der Waals surface area contributed by atoms with Crippen LogP contribution in [-0.2, 0) is 19.4 Å². The van der Waals surface area contributed by atoms with Gasteiger partial charge in [-0.2, -0.15) is 0 Å². The molecule has 1 aliphatic carbocycles. The topological polar surface area (TPSA) is 24.1 Å². The molecule has 116 valence electrons. The number of thiophene rings is 1. The molecule has 1 heterocycles. The highest BCUT2D eigenvalue weighted by molar-refractivity contribution is 7.80. The van der Waals surface area contributed by atoms with E-state index < -0.39 is 0 Å². The zero-order valence-electron chi connectivity index (χ0n) is 12.8. The third kappa shape index (κ3) is 3.09. The Morgan fingerprint density at radius 3 is 2.91 bits per heavy atom. The summed E-state index contributed by atoms with van der Waals surface area (Å²) in [5.41, 5.74) is 5.32. The quantitative estimate of drug-likeness (QED) is 0.666. The van der Waals surface area contributed by atoms with Crippen LogP contribution >= 0.6 is 23.6 Å². The number of aryl methyl sites for hydroxylation is 2. The molecular formula is C19H18N2S2. The SMILES string of the molecule is S=C(NCc1csc2ccccc12)Nc1ccc2c(c1)CCC2. The minimum atomic E-state index is 0.679. The zero-order chi connectivity index (χ0) is 15.6. The average molecular weight is 339 g/mol. The summed E-state index contributed by atoms with van der Waals surface area (Å²) in [7, 11) is 0. The van der Waals surface area contributed by atoms with Gasteiger partial charge in [-0.1, -0.05) is 24.3 Å². The van der Waals surface area contributed by atoms with Gasteiger partial charge in [0, 0.05) is 16.9 Å². The summed E-state index contributed by atoms with van der Waals surface area (Å²) < 4.78 is 1.32. The number of hydrogen-bond acceptors (Lipinski definition) is 2. The average Bonchev–Trinajstić information content (AvgIpc) is 3.19. The Labute approximate surface area is 145 Å². The molecule has 0 radical (unpaired) electrons. The summed E-state index contributed by atoms with van der Waals surface area (Å²) in [5.74, 6) is 0. The third-order valence-electron chi connectivity index (χ3n) is 4.36. The highest BCUT2D eigenvalue weighted by Gasteiger charge is 2.11. The van der Waals surface area contributed by atoms with Gasteiger partial charge < -0.3 is 10.6 Å². The Hall–Kier alpha value is -1.91. The van der Waals surface area contributed by atoms with Crippen LogP contribution < -0.4 is 10.6 Å². The fraction of sp³-hybridized carbons (Fsp3) is 0.211. The number of anilines is 1. The van der Waals surface area contributed by atoms with Crippen LogP contribution in [0.5, 0.6) is 0 Å². The molecule has 2 aromatic carbocycles. The van der Waals surface area contributed by atoms with Gasteiger partial charge in [0.1, 0.15) is 0 Å². The van der Waals surface area contributed by atoms with Crippen LogP contribution in [0.15, 0.2) is 47.8 Å². The second-order valence-electron chi connectivity index (χ2n) is 5.90. The van der Waals surface area contributed by atoms with E-state index >= 15 is 0 Å². The number of nitrogens with one attached hydrogen (secondary N) is 2. The molecule has 23 heavy (non-hydrogen) atoms. The number of thiocarbonyl (C=S) groups is 1. The Morgan fingerprint density at radius 2 is 1.96 bits per heavy atom. The van der Waals surface area contributed by atoms with Crippen molar-refractivity contribution >= 4 is 44.4 Å². The zero-order valence-corrected chi connectivity index (χ0v) is 14.4. The van der Waals surface area contributed by atoms with Crippen molar-refractivity contribution in [2.24, 2.45) is 0 Å². The monoisotopic (exact) mass is 338 g/mol. The number of benzene rings is 2. The second-order valence-corrected chi connectivity index (χ2v) is 7.22. The van der Waals surface area contributed by atoms with Crippen LogP contribution in [0.4, 0.5) is 5.69 Å². The molecule has 0 aliphatic heterocycles.